The van der Waals surface area contributed by atoms with Gasteiger partial charge in [0.1, 0.15) is 0 Å². The molecule has 0 amide bonds. The van der Waals surface area contributed by atoms with Crippen LogP contribution in [0.25, 0.3) is 0 Å². The van der Waals surface area contributed by atoms with Gasteiger partial charge in [-0.05, 0) is 0 Å². The zero-order chi connectivity index (χ0) is 20.4. The SMILES string of the molecule is CCCCCCCCP(C=O)(c1ccccc1)(c1ccccc1)c1ccccc1. The molecule has 0 aromatic heterocycles. The zero-order valence-electron chi connectivity index (χ0n) is 17.5. The third-order valence-electron chi connectivity index (χ3n) is 6.25. The van der Waals surface area contributed by atoms with Gasteiger partial charge in [0.15, 0.2) is 0 Å². The van der Waals surface area contributed by atoms with E-state index < -0.39 is 6.60 Å². The number of carbonyl (C=O) groups is 1. The van der Waals surface area contributed by atoms with Gasteiger partial charge in [-0.2, -0.15) is 0 Å². The second-order valence-corrected chi connectivity index (χ2v) is 12.9. The molecule has 0 N–H and O–H groups in total. The predicted molar refractivity (Wildman–Crippen MR) is 130 cm³/mol. The van der Waals surface area contributed by atoms with Crippen molar-refractivity contribution >= 4 is 28.5 Å². The predicted octanol–water partition coefficient (Wildman–Crippen LogP) is 6.07. The Morgan fingerprint density at radius 2 is 0.966 bits per heavy atom. The fraction of sp³-hybridized carbons (Fsp3) is 0.296. The van der Waals surface area contributed by atoms with Gasteiger partial charge in [0, 0.05) is 0 Å². The first-order chi connectivity index (χ1) is 14.3. The molecule has 0 fully saturated rings. The number of carbonyl (C=O) groups excluding carboxylic acids is 1. The summed E-state index contributed by atoms with van der Waals surface area (Å²) in [5, 5.41) is 3.54. The molecular formula is C27H33OP. The maximum atomic E-state index is 13.4. The van der Waals surface area contributed by atoms with E-state index >= 15 is 0 Å². The number of hydrogen-bond donors (Lipinski definition) is 0. The van der Waals surface area contributed by atoms with Crippen molar-refractivity contribution in [3.63, 3.8) is 0 Å². The Morgan fingerprint density at radius 1 is 0.586 bits per heavy atom. The van der Waals surface area contributed by atoms with E-state index in [0.29, 0.717) is 0 Å². The summed E-state index contributed by atoms with van der Waals surface area (Å²) in [6, 6.07) is 33.0. The van der Waals surface area contributed by atoms with Crippen LogP contribution in [0.3, 0.4) is 0 Å². The molecular weight excluding hydrogens is 371 g/mol. The second-order valence-electron chi connectivity index (χ2n) is 7.98. The van der Waals surface area contributed by atoms with E-state index in [0.717, 1.165) is 12.6 Å². The monoisotopic (exact) mass is 404 g/mol. The molecule has 0 atom stereocenters. The Morgan fingerprint density at radius 3 is 1.34 bits per heavy atom. The van der Waals surface area contributed by atoms with Gasteiger partial charge in [0.05, 0.1) is 0 Å². The van der Waals surface area contributed by atoms with Gasteiger partial charge >= 0.3 is 176 Å². The molecule has 29 heavy (non-hydrogen) atoms. The minimum atomic E-state index is -3.21. The van der Waals surface area contributed by atoms with E-state index in [1.54, 1.807) is 0 Å². The summed E-state index contributed by atoms with van der Waals surface area (Å²) in [4.78, 5) is 13.4. The molecule has 0 aliphatic carbocycles. The van der Waals surface area contributed by atoms with Gasteiger partial charge in [0.2, 0.25) is 0 Å². The molecule has 152 valence electrons. The quantitative estimate of drug-likeness (QED) is 0.215. The van der Waals surface area contributed by atoms with Crippen molar-refractivity contribution in [3.05, 3.63) is 91.0 Å². The minimum absolute atomic E-state index is 0.902. The van der Waals surface area contributed by atoms with Gasteiger partial charge in [-0.1, -0.05) is 0 Å². The standard InChI is InChI=1S/C27H33OP/c1-2-3-4-5-6-16-23-29(24-28,25-17-10-7-11-18-25,26-19-12-8-13-20-26)27-21-14-9-15-22-27/h7-15,17-22,24H,2-6,16,23H2,1H3. The summed E-state index contributed by atoms with van der Waals surface area (Å²) in [6.45, 7) is -0.961. The van der Waals surface area contributed by atoms with Gasteiger partial charge in [-0.25, -0.2) is 0 Å². The maximum absolute atomic E-state index is 13.4. The molecule has 0 saturated heterocycles. The van der Waals surface area contributed by atoms with Gasteiger partial charge in [0.25, 0.3) is 0 Å². The first-order valence-electron chi connectivity index (χ1n) is 10.9. The van der Waals surface area contributed by atoms with Crippen LogP contribution in [0.5, 0.6) is 0 Å². The first-order valence-corrected chi connectivity index (χ1v) is 13.4. The molecule has 3 rings (SSSR count). The van der Waals surface area contributed by atoms with Crippen LogP contribution in [0.4, 0.5) is 0 Å². The Kier molecular flexibility index (Phi) is 7.40. The molecule has 3 aromatic carbocycles. The van der Waals surface area contributed by atoms with Crippen LogP contribution in [-0.2, 0) is 4.79 Å². The van der Waals surface area contributed by atoms with Crippen molar-refractivity contribution in [2.24, 2.45) is 0 Å². The fourth-order valence-electron chi connectivity index (χ4n) is 4.60. The molecule has 0 heterocycles. The summed E-state index contributed by atoms with van der Waals surface area (Å²) in [7, 11) is 0. The summed E-state index contributed by atoms with van der Waals surface area (Å²) in [5.41, 5.74) is 0. The number of hydrogen-bond acceptors (Lipinski definition) is 1. The third-order valence-corrected chi connectivity index (χ3v) is 12.4. The van der Waals surface area contributed by atoms with E-state index in [9.17, 15) is 4.79 Å². The van der Waals surface area contributed by atoms with Gasteiger partial charge in [-0.3, -0.25) is 0 Å². The molecule has 0 radical (unpaired) electrons. The van der Waals surface area contributed by atoms with Crippen LogP contribution < -0.4 is 15.9 Å². The normalized spacial score (nSPS) is 12.8. The molecule has 1 nitrogen and oxygen atoms in total. The molecule has 0 saturated carbocycles. The van der Waals surface area contributed by atoms with E-state index in [1.807, 2.05) is 18.2 Å². The Balaban J connectivity index is 2.16. The number of benzene rings is 3. The van der Waals surface area contributed by atoms with Crippen LogP contribution in [0.15, 0.2) is 91.0 Å². The summed E-state index contributed by atoms with van der Waals surface area (Å²) in [6.07, 6.45) is 8.24. The van der Waals surface area contributed by atoms with Crippen LogP contribution in [0.1, 0.15) is 45.4 Å². The molecule has 0 aliphatic heterocycles. The van der Waals surface area contributed by atoms with Crippen molar-refractivity contribution < 1.29 is 4.79 Å². The summed E-state index contributed by atoms with van der Waals surface area (Å²) >= 11 is 0. The molecule has 2 heteroatoms. The van der Waals surface area contributed by atoms with Crippen molar-refractivity contribution in [1.82, 2.24) is 0 Å². The second kappa shape index (κ2) is 9.99. The van der Waals surface area contributed by atoms with Crippen molar-refractivity contribution in [1.29, 1.82) is 0 Å². The Hall–Kier alpha value is -2.24. The van der Waals surface area contributed by atoms with Gasteiger partial charge < -0.3 is 0 Å². The molecule has 0 bridgehead atoms. The van der Waals surface area contributed by atoms with Crippen LogP contribution in [-0.4, -0.2) is 12.2 Å². The number of unbranched alkanes of at least 4 members (excludes halogenated alkanes) is 5. The topological polar surface area (TPSA) is 17.1 Å². The number of rotatable bonds is 11. The summed E-state index contributed by atoms with van der Waals surface area (Å²) in [5.74, 6) is 0. The molecule has 0 aliphatic rings. The van der Waals surface area contributed by atoms with Crippen LogP contribution >= 0.6 is 6.60 Å². The van der Waals surface area contributed by atoms with Crippen molar-refractivity contribution in [2.75, 3.05) is 6.16 Å². The fourth-order valence-corrected chi connectivity index (χ4v) is 10.2. The van der Waals surface area contributed by atoms with Crippen molar-refractivity contribution in [2.45, 2.75) is 45.4 Å². The zero-order valence-corrected chi connectivity index (χ0v) is 18.4. The van der Waals surface area contributed by atoms with Crippen molar-refractivity contribution in [3.8, 4) is 0 Å². The Bertz CT molecular complexity index is 775. The third kappa shape index (κ3) is 4.07. The van der Waals surface area contributed by atoms with E-state index in [2.05, 4.69) is 79.7 Å². The molecule has 0 unspecified atom stereocenters. The average molecular weight is 405 g/mol. The van der Waals surface area contributed by atoms with E-state index in [-0.39, 0.29) is 0 Å². The Labute approximate surface area is 176 Å². The van der Waals surface area contributed by atoms with Crippen LogP contribution in [0.2, 0.25) is 0 Å². The average Bonchev–Trinajstić information content (AvgIpc) is 2.81. The first kappa shape index (κ1) is 21.5. The molecule has 3 aromatic rings. The molecule has 0 spiro atoms. The van der Waals surface area contributed by atoms with E-state index in [4.69, 9.17) is 0 Å². The van der Waals surface area contributed by atoms with Gasteiger partial charge in [-0.15, -0.1) is 0 Å². The van der Waals surface area contributed by atoms with Crippen LogP contribution in [0, 0.1) is 0 Å². The summed E-state index contributed by atoms with van der Waals surface area (Å²) < 4.78 is 0. The van der Waals surface area contributed by atoms with E-state index in [1.165, 1.54) is 54.0 Å².